The first kappa shape index (κ1) is 23.0. The maximum atomic E-state index is 12.7. The zero-order valence-corrected chi connectivity index (χ0v) is 20.0. The molecule has 176 valence electrons. The number of β-amino-alcohol motifs (C(OH)–C–C–N with tert-alkyl or cyclic N) is 1. The minimum absolute atomic E-state index is 0.0367. The summed E-state index contributed by atoms with van der Waals surface area (Å²) in [6.07, 6.45) is 3.37. The van der Waals surface area contributed by atoms with Crippen LogP contribution in [-0.4, -0.2) is 62.0 Å². The molecule has 2 amide bonds. The molecule has 2 aliphatic rings. The van der Waals surface area contributed by atoms with Crippen molar-refractivity contribution in [3.63, 3.8) is 0 Å². The Kier molecular flexibility index (Phi) is 6.26. The van der Waals surface area contributed by atoms with Crippen molar-refractivity contribution in [2.24, 2.45) is 0 Å². The quantitative estimate of drug-likeness (QED) is 0.743. The second-order valence-electron chi connectivity index (χ2n) is 9.14. The Morgan fingerprint density at radius 2 is 1.82 bits per heavy atom. The zero-order chi connectivity index (χ0) is 23.8. The summed E-state index contributed by atoms with van der Waals surface area (Å²) >= 11 is 0. The molecule has 33 heavy (non-hydrogen) atoms. The van der Waals surface area contributed by atoms with Gasteiger partial charge in [-0.1, -0.05) is 12.1 Å². The average Bonchev–Trinajstić information content (AvgIpc) is 3.11. The summed E-state index contributed by atoms with van der Waals surface area (Å²) in [5.41, 5.74) is 4.48. The number of anilines is 1. The first-order valence-electron chi connectivity index (χ1n) is 11.3. The van der Waals surface area contributed by atoms with Crippen LogP contribution in [0.5, 0.6) is 11.5 Å². The first-order valence-corrected chi connectivity index (χ1v) is 11.3. The molecule has 2 N–H and O–H groups in total. The van der Waals surface area contributed by atoms with Gasteiger partial charge in [0, 0.05) is 43.6 Å². The van der Waals surface area contributed by atoms with Gasteiger partial charge in [0.2, 0.25) is 0 Å². The molecule has 2 aromatic carbocycles. The highest BCUT2D eigenvalue weighted by Crippen LogP contribution is 2.39. The van der Waals surface area contributed by atoms with E-state index < -0.39 is 5.60 Å². The van der Waals surface area contributed by atoms with Gasteiger partial charge >= 0.3 is 6.03 Å². The molecule has 2 atom stereocenters. The Bertz CT molecular complexity index is 1060. The number of hydrogen-bond acceptors (Lipinski definition) is 5. The van der Waals surface area contributed by atoms with E-state index in [1.807, 2.05) is 32.2 Å². The number of carbonyl (C=O) groups excluding carboxylic acids is 1. The van der Waals surface area contributed by atoms with Crippen LogP contribution in [0.3, 0.4) is 0 Å². The van der Waals surface area contributed by atoms with Gasteiger partial charge in [0.05, 0.1) is 19.8 Å². The van der Waals surface area contributed by atoms with Gasteiger partial charge in [0.1, 0.15) is 0 Å². The molecule has 1 saturated heterocycles. The van der Waals surface area contributed by atoms with Gasteiger partial charge in [-0.05, 0) is 67.6 Å². The fourth-order valence-electron chi connectivity index (χ4n) is 4.73. The summed E-state index contributed by atoms with van der Waals surface area (Å²) in [6.45, 7) is 5.37. The van der Waals surface area contributed by atoms with Crippen molar-refractivity contribution in [1.29, 1.82) is 0 Å². The Morgan fingerprint density at radius 1 is 1.15 bits per heavy atom. The molecule has 2 heterocycles. The van der Waals surface area contributed by atoms with Crippen LogP contribution >= 0.6 is 0 Å². The fraction of sp³-hybridized carbons (Fsp3) is 0.423. The topological polar surface area (TPSA) is 74.3 Å². The second-order valence-corrected chi connectivity index (χ2v) is 9.14. The molecule has 0 unspecified atom stereocenters. The third kappa shape index (κ3) is 4.50. The van der Waals surface area contributed by atoms with E-state index in [0.29, 0.717) is 24.5 Å². The van der Waals surface area contributed by atoms with Crippen LogP contribution in [0.4, 0.5) is 10.5 Å². The van der Waals surface area contributed by atoms with Gasteiger partial charge in [0.15, 0.2) is 11.5 Å². The van der Waals surface area contributed by atoms with E-state index in [0.717, 1.165) is 40.9 Å². The monoisotopic (exact) mass is 451 g/mol. The van der Waals surface area contributed by atoms with Crippen LogP contribution in [0.15, 0.2) is 42.6 Å². The number of rotatable bonds is 4. The van der Waals surface area contributed by atoms with Crippen molar-refractivity contribution in [3.05, 3.63) is 59.3 Å². The molecule has 0 aromatic heterocycles. The number of hydrogen-bond donors (Lipinski definition) is 2. The minimum Gasteiger partial charge on any atom is -0.493 e. The van der Waals surface area contributed by atoms with Gasteiger partial charge in [-0.25, -0.2) is 4.79 Å². The number of amides is 2. The third-order valence-corrected chi connectivity index (χ3v) is 6.60. The van der Waals surface area contributed by atoms with Gasteiger partial charge in [-0.15, -0.1) is 0 Å². The van der Waals surface area contributed by atoms with Gasteiger partial charge < -0.3 is 24.8 Å². The van der Waals surface area contributed by atoms with Crippen LogP contribution in [0.2, 0.25) is 0 Å². The van der Waals surface area contributed by atoms with Crippen molar-refractivity contribution in [1.82, 2.24) is 10.2 Å². The lowest BCUT2D eigenvalue weighted by atomic mass is 9.92. The summed E-state index contributed by atoms with van der Waals surface area (Å²) in [5.74, 6) is 1.33. The molecule has 0 aliphatic carbocycles. The number of urea groups is 1. The standard InChI is InChI=1S/C26H33N3O4/c1-17-12-19-13-23(32-4)24(33-5)14-21(19)22(15-29(17)25(30)27-3)18-6-8-20(9-7-18)28-11-10-26(2,31)16-28/h6-9,13-15,17,31H,10-12,16H2,1-5H3,(H,27,30)/t17-,26+/m0/s1. The Balaban J connectivity index is 1.79. The molecular formula is C26H33N3O4. The van der Waals surface area contributed by atoms with Crippen LogP contribution in [0.25, 0.3) is 5.57 Å². The lowest BCUT2D eigenvalue weighted by Crippen LogP contribution is -2.40. The van der Waals surface area contributed by atoms with Crippen molar-refractivity contribution in [2.75, 3.05) is 39.3 Å². The summed E-state index contributed by atoms with van der Waals surface area (Å²) in [7, 11) is 4.91. The lowest BCUT2D eigenvalue weighted by Gasteiger charge is -2.24. The molecule has 4 rings (SSSR count). The number of methoxy groups -OCH3 is 2. The van der Waals surface area contributed by atoms with Gasteiger partial charge in [-0.2, -0.15) is 0 Å². The Morgan fingerprint density at radius 3 is 2.39 bits per heavy atom. The van der Waals surface area contributed by atoms with Crippen molar-refractivity contribution >= 4 is 17.3 Å². The molecule has 0 radical (unpaired) electrons. The molecule has 1 fully saturated rings. The van der Waals surface area contributed by atoms with E-state index in [1.165, 1.54) is 0 Å². The maximum Gasteiger partial charge on any atom is 0.321 e. The average molecular weight is 452 g/mol. The third-order valence-electron chi connectivity index (χ3n) is 6.60. The van der Waals surface area contributed by atoms with Crippen LogP contribution in [-0.2, 0) is 6.42 Å². The first-order chi connectivity index (χ1) is 15.8. The Labute approximate surface area is 195 Å². The summed E-state index contributed by atoms with van der Waals surface area (Å²) in [6, 6.07) is 12.1. The van der Waals surface area contributed by atoms with Gasteiger partial charge in [-0.3, -0.25) is 4.90 Å². The van der Waals surface area contributed by atoms with E-state index in [1.54, 1.807) is 26.2 Å². The predicted molar refractivity (Wildman–Crippen MR) is 130 cm³/mol. The maximum absolute atomic E-state index is 12.7. The summed E-state index contributed by atoms with van der Waals surface area (Å²) in [4.78, 5) is 16.6. The highest BCUT2D eigenvalue weighted by atomic mass is 16.5. The highest BCUT2D eigenvalue weighted by Gasteiger charge is 2.31. The zero-order valence-electron chi connectivity index (χ0n) is 20.0. The number of nitrogens with one attached hydrogen (secondary N) is 1. The molecule has 0 spiro atoms. The molecule has 0 saturated carbocycles. The Hall–Kier alpha value is -3.19. The molecular weight excluding hydrogens is 418 g/mol. The molecule has 7 nitrogen and oxygen atoms in total. The van der Waals surface area contributed by atoms with Crippen LogP contribution in [0.1, 0.15) is 37.0 Å². The van der Waals surface area contributed by atoms with Crippen molar-refractivity contribution in [3.8, 4) is 11.5 Å². The fourth-order valence-corrected chi connectivity index (χ4v) is 4.73. The molecule has 7 heteroatoms. The van der Waals surface area contributed by atoms with Crippen molar-refractivity contribution < 1.29 is 19.4 Å². The summed E-state index contributed by atoms with van der Waals surface area (Å²) in [5, 5.41) is 13.1. The number of aliphatic hydroxyl groups is 1. The number of ether oxygens (including phenoxy) is 2. The molecule has 0 bridgehead atoms. The minimum atomic E-state index is -0.652. The molecule has 2 aliphatic heterocycles. The van der Waals surface area contributed by atoms with E-state index in [-0.39, 0.29) is 12.1 Å². The van der Waals surface area contributed by atoms with E-state index in [9.17, 15) is 9.90 Å². The van der Waals surface area contributed by atoms with E-state index >= 15 is 0 Å². The smallest absolute Gasteiger partial charge is 0.321 e. The van der Waals surface area contributed by atoms with E-state index in [2.05, 4.69) is 34.5 Å². The summed E-state index contributed by atoms with van der Waals surface area (Å²) < 4.78 is 11.1. The second kappa shape index (κ2) is 8.98. The van der Waals surface area contributed by atoms with Crippen molar-refractivity contribution in [2.45, 2.75) is 38.3 Å². The van der Waals surface area contributed by atoms with E-state index in [4.69, 9.17) is 9.47 Å². The lowest BCUT2D eigenvalue weighted by molar-refractivity contribution is 0.0839. The number of fused-ring (bicyclic) bond motifs is 1. The number of benzene rings is 2. The predicted octanol–water partition coefficient (Wildman–Crippen LogP) is 3.64. The highest BCUT2D eigenvalue weighted by molar-refractivity contribution is 5.87. The normalized spacial score (nSPS) is 22.4. The SMILES string of the molecule is CNC(=O)N1C=C(c2ccc(N3CC[C@@](C)(O)C3)cc2)c2cc(OC)c(OC)cc2C[C@@H]1C. The largest absolute Gasteiger partial charge is 0.493 e. The van der Waals surface area contributed by atoms with Gasteiger partial charge in [0.25, 0.3) is 0 Å². The molecule has 2 aromatic rings. The number of carbonyl (C=O) groups is 1. The van der Waals surface area contributed by atoms with Crippen LogP contribution < -0.4 is 19.7 Å². The van der Waals surface area contributed by atoms with Crippen LogP contribution in [0, 0.1) is 0 Å². The number of nitrogens with zero attached hydrogens (tertiary/aromatic N) is 2.